The maximum absolute atomic E-state index is 12.9. The van der Waals surface area contributed by atoms with Crippen LogP contribution in [0, 0.1) is 11.7 Å². The molecule has 0 saturated heterocycles. The van der Waals surface area contributed by atoms with Crippen LogP contribution in [0.25, 0.3) is 0 Å². The van der Waals surface area contributed by atoms with Crippen molar-refractivity contribution in [1.29, 1.82) is 0 Å². The molecule has 0 aromatic heterocycles. The molecule has 2 amide bonds. The van der Waals surface area contributed by atoms with Crippen molar-refractivity contribution in [3.63, 3.8) is 0 Å². The van der Waals surface area contributed by atoms with Gasteiger partial charge in [-0.3, -0.25) is 15.6 Å². The molecule has 2 rings (SSSR count). The summed E-state index contributed by atoms with van der Waals surface area (Å²) in [5.74, 6) is -1.05. The minimum Gasteiger partial charge on any atom is -0.445 e. The highest BCUT2D eigenvalue weighted by Gasteiger charge is 2.25. The molecule has 29 heavy (non-hydrogen) atoms. The SMILES string of the molecule is CC(C)[C@H](NC(=O)OCc1ccccc1)C(=O)NNC(=S)Nc1ccc(F)cc1. The number of hydrogen-bond acceptors (Lipinski definition) is 4. The van der Waals surface area contributed by atoms with Crippen LogP contribution in [0.4, 0.5) is 14.9 Å². The van der Waals surface area contributed by atoms with Crippen molar-refractivity contribution in [1.82, 2.24) is 16.2 Å². The maximum atomic E-state index is 12.9. The predicted octanol–water partition coefficient (Wildman–Crippen LogP) is 3.09. The summed E-state index contributed by atoms with van der Waals surface area (Å²) in [7, 11) is 0. The van der Waals surface area contributed by atoms with Gasteiger partial charge in [0.2, 0.25) is 0 Å². The molecule has 0 unspecified atom stereocenters. The minimum atomic E-state index is -0.834. The van der Waals surface area contributed by atoms with Gasteiger partial charge in [-0.1, -0.05) is 44.2 Å². The molecule has 9 heteroatoms. The molecule has 0 bridgehead atoms. The first kappa shape index (κ1) is 22.1. The number of benzene rings is 2. The van der Waals surface area contributed by atoms with E-state index in [2.05, 4.69) is 21.5 Å². The molecule has 2 aromatic carbocycles. The van der Waals surface area contributed by atoms with Crippen LogP contribution in [0.2, 0.25) is 0 Å². The fourth-order valence-electron chi connectivity index (χ4n) is 2.32. The molecule has 4 N–H and O–H groups in total. The van der Waals surface area contributed by atoms with Gasteiger partial charge in [0.25, 0.3) is 5.91 Å². The Labute approximate surface area is 174 Å². The van der Waals surface area contributed by atoms with E-state index in [0.29, 0.717) is 5.69 Å². The van der Waals surface area contributed by atoms with Gasteiger partial charge in [0, 0.05) is 5.69 Å². The van der Waals surface area contributed by atoms with Crippen LogP contribution >= 0.6 is 12.2 Å². The van der Waals surface area contributed by atoms with E-state index in [9.17, 15) is 14.0 Å². The third-order valence-electron chi connectivity index (χ3n) is 3.84. The average molecular weight is 418 g/mol. The quantitative estimate of drug-likeness (QED) is 0.426. The van der Waals surface area contributed by atoms with Gasteiger partial charge in [0.05, 0.1) is 0 Å². The Morgan fingerprint density at radius 3 is 2.31 bits per heavy atom. The lowest BCUT2D eigenvalue weighted by Gasteiger charge is -2.22. The number of ether oxygens (including phenoxy) is 1. The second-order valence-electron chi connectivity index (χ2n) is 6.50. The lowest BCUT2D eigenvalue weighted by molar-refractivity contribution is -0.124. The normalized spacial score (nSPS) is 11.3. The minimum absolute atomic E-state index is 0.100. The molecule has 0 aliphatic carbocycles. The standard InChI is InChI=1S/C20H23FN4O3S/c1-13(2)17(23-20(27)28-12-14-6-4-3-5-7-14)18(26)24-25-19(29)22-16-10-8-15(21)9-11-16/h3-11,13,17H,12H2,1-2H3,(H,23,27)(H,24,26)(H2,22,25,29)/t17-/m0/s1. The van der Waals surface area contributed by atoms with Gasteiger partial charge >= 0.3 is 6.09 Å². The van der Waals surface area contributed by atoms with Crippen LogP contribution < -0.4 is 21.5 Å². The molecule has 0 aliphatic heterocycles. The summed E-state index contributed by atoms with van der Waals surface area (Å²) in [6, 6.07) is 14.0. The van der Waals surface area contributed by atoms with Crippen LogP contribution in [0.15, 0.2) is 54.6 Å². The summed E-state index contributed by atoms with van der Waals surface area (Å²) < 4.78 is 18.1. The van der Waals surface area contributed by atoms with Crippen molar-refractivity contribution in [2.75, 3.05) is 5.32 Å². The third kappa shape index (κ3) is 7.74. The molecule has 0 saturated carbocycles. The predicted molar refractivity (Wildman–Crippen MR) is 112 cm³/mol. The largest absolute Gasteiger partial charge is 0.445 e. The molecule has 0 spiro atoms. The highest BCUT2D eigenvalue weighted by atomic mass is 32.1. The lowest BCUT2D eigenvalue weighted by atomic mass is 10.0. The number of alkyl carbamates (subject to hydrolysis) is 1. The summed E-state index contributed by atoms with van der Waals surface area (Å²) in [6.07, 6.45) is -0.699. The number of hydrazine groups is 1. The molecule has 0 fully saturated rings. The zero-order valence-corrected chi connectivity index (χ0v) is 16.9. The number of amides is 2. The molecule has 0 radical (unpaired) electrons. The Hall–Kier alpha value is -3.20. The number of nitrogens with one attached hydrogen (secondary N) is 4. The zero-order valence-electron chi connectivity index (χ0n) is 16.1. The van der Waals surface area contributed by atoms with E-state index in [1.165, 1.54) is 24.3 Å². The van der Waals surface area contributed by atoms with Crippen LogP contribution in [0.5, 0.6) is 0 Å². The molecule has 1 atom stereocenters. The molecule has 2 aromatic rings. The van der Waals surface area contributed by atoms with Gasteiger partial charge in [0.1, 0.15) is 18.5 Å². The number of thiocarbonyl (C=S) groups is 1. The van der Waals surface area contributed by atoms with E-state index in [4.69, 9.17) is 17.0 Å². The van der Waals surface area contributed by atoms with Crippen molar-refractivity contribution in [2.45, 2.75) is 26.5 Å². The van der Waals surface area contributed by atoms with E-state index in [1.807, 2.05) is 30.3 Å². The van der Waals surface area contributed by atoms with Crippen molar-refractivity contribution in [3.8, 4) is 0 Å². The van der Waals surface area contributed by atoms with E-state index < -0.39 is 18.0 Å². The van der Waals surface area contributed by atoms with Crippen LogP contribution in [0.1, 0.15) is 19.4 Å². The average Bonchev–Trinajstić information content (AvgIpc) is 2.71. The number of carbonyl (C=O) groups is 2. The summed E-state index contributed by atoms with van der Waals surface area (Å²) in [5, 5.41) is 5.46. The third-order valence-corrected chi connectivity index (χ3v) is 4.04. The van der Waals surface area contributed by atoms with E-state index in [-0.39, 0.29) is 23.5 Å². The van der Waals surface area contributed by atoms with Gasteiger partial charge in [-0.15, -0.1) is 0 Å². The van der Waals surface area contributed by atoms with Gasteiger partial charge < -0.3 is 15.4 Å². The Morgan fingerprint density at radius 1 is 1.03 bits per heavy atom. The number of hydrogen-bond donors (Lipinski definition) is 4. The second-order valence-corrected chi connectivity index (χ2v) is 6.91. The molecular formula is C20H23FN4O3S. The number of rotatable bonds is 6. The zero-order chi connectivity index (χ0) is 21.2. The molecule has 0 heterocycles. The first-order chi connectivity index (χ1) is 13.8. The Kier molecular flexibility index (Phi) is 8.35. The number of halogens is 1. The summed E-state index contributed by atoms with van der Waals surface area (Å²) in [4.78, 5) is 24.5. The topological polar surface area (TPSA) is 91.5 Å². The Morgan fingerprint density at radius 2 is 1.69 bits per heavy atom. The fourth-order valence-corrected chi connectivity index (χ4v) is 2.49. The molecular weight excluding hydrogens is 395 g/mol. The number of carbonyl (C=O) groups excluding carboxylic acids is 2. The van der Waals surface area contributed by atoms with E-state index in [0.717, 1.165) is 5.56 Å². The monoisotopic (exact) mass is 418 g/mol. The van der Waals surface area contributed by atoms with E-state index >= 15 is 0 Å². The van der Waals surface area contributed by atoms with Crippen molar-refractivity contribution < 1.29 is 18.7 Å². The van der Waals surface area contributed by atoms with E-state index in [1.54, 1.807) is 13.8 Å². The maximum Gasteiger partial charge on any atom is 0.408 e. The van der Waals surface area contributed by atoms with Crippen molar-refractivity contribution in [2.24, 2.45) is 5.92 Å². The highest BCUT2D eigenvalue weighted by molar-refractivity contribution is 7.80. The molecule has 0 aliphatic rings. The Bertz CT molecular complexity index is 831. The Balaban J connectivity index is 1.80. The molecule has 154 valence electrons. The summed E-state index contributed by atoms with van der Waals surface area (Å²) in [5.41, 5.74) is 6.38. The first-order valence-corrected chi connectivity index (χ1v) is 9.35. The van der Waals surface area contributed by atoms with Gasteiger partial charge in [0.15, 0.2) is 5.11 Å². The van der Waals surface area contributed by atoms with Crippen LogP contribution in [-0.4, -0.2) is 23.2 Å². The van der Waals surface area contributed by atoms with Crippen molar-refractivity contribution >= 4 is 35.0 Å². The smallest absolute Gasteiger partial charge is 0.408 e. The van der Waals surface area contributed by atoms with Crippen LogP contribution in [-0.2, 0) is 16.1 Å². The summed E-state index contributed by atoms with van der Waals surface area (Å²) >= 11 is 5.08. The van der Waals surface area contributed by atoms with Gasteiger partial charge in [-0.05, 0) is 48.0 Å². The fraction of sp³-hybridized carbons (Fsp3) is 0.250. The van der Waals surface area contributed by atoms with Gasteiger partial charge in [-0.25, -0.2) is 9.18 Å². The first-order valence-electron chi connectivity index (χ1n) is 8.95. The second kappa shape index (κ2) is 11.0. The number of anilines is 1. The molecule has 7 nitrogen and oxygen atoms in total. The van der Waals surface area contributed by atoms with Gasteiger partial charge in [-0.2, -0.15) is 0 Å². The lowest BCUT2D eigenvalue weighted by Crippen LogP contribution is -2.55. The van der Waals surface area contributed by atoms with Crippen LogP contribution in [0.3, 0.4) is 0 Å². The summed E-state index contributed by atoms with van der Waals surface area (Å²) in [6.45, 7) is 3.68. The van der Waals surface area contributed by atoms with Crippen molar-refractivity contribution in [3.05, 3.63) is 66.0 Å². The highest BCUT2D eigenvalue weighted by Crippen LogP contribution is 2.08.